The summed E-state index contributed by atoms with van der Waals surface area (Å²) < 4.78 is 0. The van der Waals surface area contributed by atoms with E-state index in [1.54, 1.807) is 24.1 Å². The number of likely N-dealkylation sites (N-methyl/N-ethyl adjacent to an activating group) is 1. The number of amides is 1. The smallest absolute Gasteiger partial charge is 0.239 e. The fourth-order valence-corrected chi connectivity index (χ4v) is 1.72. The molecule has 0 aliphatic carbocycles. The van der Waals surface area contributed by atoms with Gasteiger partial charge in [0.1, 0.15) is 0 Å². The van der Waals surface area contributed by atoms with Gasteiger partial charge < -0.3 is 15.5 Å². The molecule has 0 saturated heterocycles. The SMILES string of the molecule is CC(C)NC(=O)CN(C)C(=S)Nc1ccc(Cl)cc1. The van der Waals surface area contributed by atoms with Crippen molar-refractivity contribution in [2.24, 2.45) is 0 Å². The minimum atomic E-state index is -0.0576. The lowest BCUT2D eigenvalue weighted by Crippen LogP contribution is -2.42. The Morgan fingerprint density at radius 2 is 1.95 bits per heavy atom. The van der Waals surface area contributed by atoms with E-state index in [-0.39, 0.29) is 18.5 Å². The van der Waals surface area contributed by atoms with Crippen LogP contribution in [0.25, 0.3) is 0 Å². The molecule has 0 spiro atoms. The monoisotopic (exact) mass is 299 g/mol. The fraction of sp³-hybridized carbons (Fsp3) is 0.385. The van der Waals surface area contributed by atoms with Crippen LogP contribution in [0.5, 0.6) is 0 Å². The lowest BCUT2D eigenvalue weighted by atomic mass is 10.3. The van der Waals surface area contributed by atoms with Crippen LogP contribution in [0.4, 0.5) is 5.69 Å². The Morgan fingerprint density at radius 3 is 2.47 bits per heavy atom. The molecule has 1 rings (SSSR count). The fourth-order valence-electron chi connectivity index (χ4n) is 1.41. The van der Waals surface area contributed by atoms with Gasteiger partial charge in [-0.15, -0.1) is 0 Å². The van der Waals surface area contributed by atoms with Gasteiger partial charge in [0.05, 0.1) is 6.54 Å². The first-order chi connectivity index (χ1) is 8.88. The normalized spacial score (nSPS) is 10.2. The summed E-state index contributed by atoms with van der Waals surface area (Å²) in [6, 6.07) is 7.34. The molecule has 1 aromatic rings. The van der Waals surface area contributed by atoms with Crippen molar-refractivity contribution in [2.45, 2.75) is 19.9 Å². The molecule has 0 saturated carbocycles. The summed E-state index contributed by atoms with van der Waals surface area (Å²) in [7, 11) is 1.77. The first-order valence-electron chi connectivity index (χ1n) is 5.95. The quantitative estimate of drug-likeness (QED) is 0.839. The number of benzene rings is 1. The van der Waals surface area contributed by atoms with Crippen LogP contribution in [0.15, 0.2) is 24.3 Å². The molecule has 0 bridgehead atoms. The van der Waals surface area contributed by atoms with Gasteiger partial charge in [-0.25, -0.2) is 0 Å². The number of anilines is 1. The van der Waals surface area contributed by atoms with Gasteiger partial charge in [0.15, 0.2) is 5.11 Å². The summed E-state index contributed by atoms with van der Waals surface area (Å²) in [4.78, 5) is 13.3. The number of halogens is 1. The van der Waals surface area contributed by atoms with Gasteiger partial charge in [0.25, 0.3) is 0 Å². The topological polar surface area (TPSA) is 44.4 Å². The molecule has 104 valence electrons. The molecule has 0 aromatic heterocycles. The standard InChI is InChI=1S/C13H18ClN3OS/c1-9(2)15-12(18)8-17(3)13(19)16-11-6-4-10(14)5-7-11/h4-7,9H,8H2,1-3H3,(H,15,18)(H,16,19). The number of hydrogen-bond donors (Lipinski definition) is 2. The van der Waals surface area contributed by atoms with Crippen molar-refractivity contribution in [2.75, 3.05) is 18.9 Å². The molecule has 0 aliphatic heterocycles. The molecule has 0 fully saturated rings. The Labute approximate surface area is 124 Å². The van der Waals surface area contributed by atoms with Crippen LogP contribution in [0.2, 0.25) is 5.02 Å². The highest BCUT2D eigenvalue weighted by atomic mass is 35.5. The van der Waals surface area contributed by atoms with E-state index in [4.69, 9.17) is 23.8 Å². The second-order valence-electron chi connectivity index (χ2n) is 4.52. The molecule has 6 heteroatoms. The molecular weight excluding hydrogens is 282 g/mol. The number of nitrogens with zero attached hydrogens (tertiary/aromatic N) is 1. The van der Waals surface area contributed by atoms with E-state index in [2.05, 4.69) is 10.6 Å². The number of nitrogens with one attached hydrogen (secondary N) is 2. The van der Waals surface area contributed by atoms with Crippen molar-refractivity contribution < 1.29 is 4.79 Å². The second-order valence-corrected chi connectivity index (χ2v) is 5.34. The number of carbonyl (C=O) groups is 1. The van der Waals surface area contributed by atoms with Gasteiger partial charge in [-0.05, 0) is 50.3 Å². The Balaban J connectivity index is 2.48. The zero-order valence-corrected chi connectivity index (χ0v) is 12.8. The first kappa shape index (κ1) is 15.7. The van der Waals surface area contributed by atoms with Gasteiger partial charge in [-0.2, -0.15) is 0 Å². The minimum Gasteiger partial charge on any atom is -0.352 e. The molecule has 1 amide bonds. The van der Waals surface area contributed by atoms with Gasteiger partial charge in [0.2, 0.25) is 5.91 Å². The average Bonchev–Trinajstić information content (AvgIpc) is 2.30. The average molecular weight is 300 g/mol. The van der Waals surface area contributed by atoms with E-state index in [9.17, 15) is 4.79 Å². The highest BCUT2D eigenvalue weighted by Gasteiger charge is 2.10. The van der Waals surface area contributed by atoms with Gasteiger partial charge in [-0.3, -0.25) is 4.79 Å². The maximum atomic E-state index is 11.6. The van der Waals surface area contributed by atoms with Crippen molar-refractivity contribution in [1.29, 1.82) is 0 Å². The largest absolute Gasteiger partial charge is 0.352 e. The van der Waals surface area contributed by atoms with Crippen LogP contribution in [0.1, 0.15) is 13.8 Å². The van der Waals surface area contributed by atoms with Crippen LogP contribution < -0.4 is 10.6 Å². The highest BCUT2D eigenvalue weighted by molar-refractivity contribution is 7.80. The molecule has 1 aromatic carbocycles. The molecule has 0 atom stereocenters. The Kier molecular flexibility index (Phi) is 6.05. The molecule has 2 N–H and O–H groups in total. The van der Waals surface area contributed by atoms with Crippen LogP contribution >= 0.6 is 23.8 Å². The molecule has 0 radical (unpaired) electrons. The Morgan fingerprint density at radius 1 is 1.37 bits per heavy atom. The van der Waals surface area contributed by atoms with Crippen molar-refractivity contribution in [3.05, 3.63) is 29.3 Å². The van der Waals surface area contributed by atoms with E-state index in [0.29, 0.717) is 10.1 Å². The van der Waals surface area contributed by atoms with E-state index in [1.165, 1.54) is 0 Å². The zero-order valence-electron chi connectivity index (χ0n) is 11.2. The lowest BCUT2D eigenvalue weighted by Gasteiger charge is -2.21. The van der Waals surface area contributed by atoms with Crippen molar-refractivity contribution in [1.82, 2.24) is 10.2 Å². The van der Waals surface area contributed by atoms with Crippen LogP contribution in [-0.4, -0.2) is 35.6 Å². The van der Waals surface area contributed by atoms with Crippen LogP contribution in [0, 0.1) is 0 Å². The predicted molar refractivity (Wildman–Crippen MR) is 83.6 cm³/mol. The summed E-state index contributed by atoms with van der Waals surface area (Å²) in [5, 5.41) is 7.02. The summed E-state index contributed by atoms with van der Waals surface area (Å²) in [5.41, 5.74) is 0.838. The molecular formula is C13H18ClN3OS. The summed E-state index contributed by atoms with van der Waals surface area (Å²) in [5.74, 6) is -0.0576. The lowest BCUT2D eigenvalue weighted by molar-refractivity contribution is -0.121. The molecule has 0 heterocycles. The van der Waals surface area contributed by atoms with Crippen molar-refractivity contribution >= 4 is 40.5 Å². The van der Waals surface area contributed by atoms with Gasteiger partial charge >= 0.3 is 0 Å². The maximum Gasteiger partial charge on any atom is 0.239 e. The third kappa shape index (κ3) is 5.89. The predicted octanol–water partition coefficient (Wildman–Crippen LogP) is 2.49. The van der Waals surface area contributed by atoms with Crippen molar-refractivity contribution in [3.8, 4) is 0 Å². The van der Waals surface area contributed by atoms with Gasteiger partial charge in [-0.1, -0.05) is 11.6 Å². The second kappa shape index (κ2) is 7.31. The Hall–Kier alpha value is -1.33. The van der Waals surface area contributed by atoms with E-state index in [0.717, 1.165) is 5.69 Å². The van der Waals surface area contributed by atoms with E-state index >= 15 is 0 Å². The summed E-state index contributed by atoms with van der Waals surface area (Å²) in [6.07, 6.45) is 0. The molecule has 4 nitrogen and oxygen atoms in total. The number of hydrogen-bond acceptors (Lipinski definition) is 2. The number of thiocarbonyl (C=S) groups is 1. The van der Waals surface area contributed by atoms with Crippen molar-refractivity contribution in [3.63, 3.8) is 0 Å². The molecule has 0 aliphatic rings. The minimum absolute atomic E-state index is 0.0576. The van der Waals surface area contributed by atoms with Gasteiger partial charge in [0, 0.05) is 23.8 Å². The zero-order chi connectivity index (χ0) is 14.4. The summed E-state index contributed by atoms with van der Waals surface area (Å²) >= 11 is 11.0. The number of rotatable bonds is 4. The van der Waals surface area contributed by atoms with E-state index < -0.39 is 0 Å². The highest BCUT2D eigenvalue weighted by Crippen LogP contribution is 2.13. The maximum absolute atomic E-state index is 11.6. The first-order valence-corrected chi connectivity index (χ1v) is 6.74. The summed E-state index contributed by atoms with van der Waals surface area (Å²) in [6.45, 7) is 4.06. The number of carbonyl (C=O) groups excluding carboxylic acids is 1. The Bertz CT molecular complexity index is 448. The molecule has 19 heavy (non-hydrogen) atoms. The van der Waals surface area contributed by atoms with Crippen LogP contribution in [-0.2, 0) is 4.79 Å². The third-order valence-corrected chi connectivity index (χ3v) is 2.94. The molecule has 0 unspecified atom stereocenters. The van der Waals surface area contributed by atoms with Crippen LogP contribution in [0.3, 0.4) is 0 Å². The van der Waals surface area contributed by atoms with E-state index in [1.807, 2.05) is 26.0 Å². The third-order valence-electron chi connectivity index (χ3n) is 2.27.